The maximum absolute atomic E-state index is 14.0. The topological polar surface area (TPSA) is 99.4 Å². The normalized spacial score (nSPS) is 17.9. The Hall–Kier alpha value is -4.21. The smallest absolute Gasteiger partial charge is 0.252 e. The van der Waals surface area contributed by atoms with Crippen molar-refractivity contribution in [1.29, 1.82) is 0 Å². The minimum absolute atomic E-state index is 0.167. The summed E-state index contributed by atoms with van der Waals surface area (Å²) in [7, 11) is 1.48. The van der Waals surface area contributed by atoms with E-state index in [9.17, 15) is 9.59 Å². The van der Waals surface area contributed by atoms with Crippen molar-refractivity contribution in [3.05, 3.63) is 77.6 Å². The average molecular weight is 622 g/mol. The number of aromatic nitrogens is 3. The summed E-state index contributed by atoms with van der Waals surface area (Å²) in [5.41, 5.74) is 5.02. The number of aryl methyl sites for hydroxylation is 2. The third-order valence-corrected chi connectivity index (χ3v) is 10.1. The molecule has 2 N–H and O–H groups in total. The van der Waals surface area contributed by atoms with Crippen LogP contribution < -0.4 is 10.6 Å². The van der Waals surface area contributed by atoms with Gasteiger partial charge in [-0.25, -0.2) is 14.8 Å². The van der Waals surface area contributed by atoms with Crippen LogP contribution in [-0.4, -0.2) is 45.2 Å². The van der Waals surface area contributed by atoms with Crippen LogP contribution in [0.5, 0.6) is 0 Å². The zero-order chi connectivity index (χ0) is 31.5. The van der Waals surface area contributed by atoms with Gasteiger partial charge in [-0.15, -0.1) is 0 Å². The fourth-order valence-corrected chi connectivity index (χ4v) is 7.80. The van der Waals surface area contributed by atoms with Crippen LogP contribution in [0.15, 0.2) is 60.9 Å². The number of carbonyl (C=O) groups is 2. The predicted molar refractivity (Wildman–Crippen MR) is 179 cm³/mol. The zero-order valence-corrected chi connectivity index (χ0v) is 26.6. The van der Waals surface area contributed by atoms with Gasteiger partial charge in [0.05, 0.1) is 12.8 Å². The highest BCUT2D eigenvalue weighted by molar-refractivity contribution is 6.05. The molecule has 2 aromatic carbocycles. The van der Waals surface area contributed by atoms with Gasteiger partial charge in [-0.1, -0.05) is 62.5 Å². The molecule has 4 aromatic rings. The number of carbonyl (C=O) groups excluding carboxylic acids is 2. The Morgan fingerprint density at radius 1 is 1.00 bits per heavy atom. The fourth-order valence-electron chi connectivity index (χ4n) is 7.80. The second kappa shape index (κ2) is 13.3. The molecular weight excluding hydrogens is 578 g/mol. The highest BCUT2D eigenvalue weighted by atomic mass is 17.2. The molecule has 2 fully saturated rings. The monoisotopic (exact) mass is 621 g/mol. The maximum atomic E-state index is 14.0. The summed E-state index contributed by atoms with van der Waals surface area (Å²) in [6.45, 7) is 2.17. The first kappa shape index (κ1) is 30.4. The molecule has 0 atom stereocenters. The minimum Gasteiger partial charge on any atom is -0.338 e. The van der Waals surface area contributed by atoms with Crippen molar-refractivity contribution >= 4 is 34.5 Å². The number of nitrogens with one attached hydrogen (secondary N) is 2. The number of benzene rings is 2. The van der Waals surface area contributed by atoms with Crippen LogP contribution in [-0.2, 0) is 27.7 Å². The van der Waals surface area contributed by atoms with Crippen molar-refractivity contribution in [1.82, 2.24) is 19.4 Å². The summed E-state index contributed by atoms with van der Waals surface area (Å²) >= 11 is 0. The molecule has 46 heavy (non-hydrogen) atoms. The first-order valence-electron chi connectivity index (χ1n) is 16.8. The van der Waals surface area contributed by atoms with Crippen molar-refractivity contribution in [2.24, 2.45) is 0 Å². The number of imidazole rings is 1. The lowest BCUT2D eigenvalue weighted by atomic mass is 9.82. The Balaban J connectivity index is 1.15. The van der Waals surface area contributed by atoms with E-state index < -0.39 is 5.54 Å². The molecule has 3 aliphatic rings. The van der Waals surface area contributed by atoms with Crippen LogP contribution in [0, 0.1) is 0 Å². The minimum atomic E-state index is -0.948. The SMILES string of the molecule is COOC/C=C/c1ccc(NC(=O)C2(NC(=O)c3ccc4c(C5CCCCC5)c5n(c4c3)CCCn3ccnc3-5)CCCC2)cc1. The summed E-state index contributed by atoms with van der Waals surface area (Å²) in [4.78, 5) is 42.0. The number of hydrogen-bond acceptors (Lipinski definition) is 5. The van der Waals surface area contributed by atoms with Gasteiger partial charge in [0.15, 0.2) is 5.82 Å². The van der Waals surface area contributed by atoms with Gasteiger partial charge < -0.3 is 19.8 Å². The number of anilines is 1. The zero-order valence-electron chi connectivity index (χ0n) is 26.6. The highest BCUT2D eigenvalue weighted by Crippen LogP contribution is 2.45. The van der Waals surface area contributed by atoms with Crippen molar-refractivity contribution < 1.29 is 19.4 Å². The van der Waals surface area contributed by atoms with E-state index in [0.717, 1.165) is 49.3 Å². The Bertz CT molecular complexity index is 1740. The summed E-state index contributed by atoms with van der Waals surface area (Å²) in [5, 5.41) is 7.51. The second-order valence-corrected chi connectivity index (χ2v) is 13.0. The lowest BCUT2D eigenvalue weighted by Crippen LogP contribution is -2.55. The summed E-state index contributed by atoms with van der Waals surface area (Å²) in [5.74, 6) is 1.16. The molecule has 9 nitrogen and oxygen atoms in total. The van der Waals surface area contributed by atoms with Gasteiger partial charge in [0.2, 0.25) is 5.91 Å². The maximum Gasteiger partial charge on any atom is 0.252 e. The molecule has 0 saturated heterocycles. The van der Waals surface area contributed by atoms with E-state index in [2.05, 4.69) is 36.9 Å². The molecule has 2 saturated carbocycles. The van der Waals surface area contributed by atoms with Crippen molar-refractivity contribution in [3.63, 3.8) is 0 Å². The summed E-state index contributed by atoms with van der Waals surface area (Å²) in [6.07, 6.45) is 18.0. The van der Waals surface area contributed by atoms with Crippen molar-refractivity contribution in [2.75, 3.05) is 19.0 Å². The van der Waals surface area contributed by atoms with E-state index >= 15 is 0 Å². The first-order chi connectivity index (χ1) is 22.6. The van der Waals surface area contributed by atoms with Gasteiger partial charge in [0.1, 0.15) is 12.1 Å². The third kappa shape index (κ3) is 5.89. The second-order valence-electron chi connectivity index (χ2n) is 13.0. The number of amides is 2. The molecule has 0 radical (unpaired) electrons. The molecule has 7 rings (SSSR count). The van der Waals surface area contributed by atoms with Gasteiger partial charge in [-0.2, -0.15) is 0 Å². The van der Waals surface area contributed by atoms with Crippen LogP contribution in [0.25, 0.3) is 28.5 Å². The molecule has 3 heterocycles. The molecule has 240 valence electrons. The first-order valence-corrected chi connectivity index (χ1v) is 16.8. The molecule has 2 amide bonds. The number of fused-ring (bicyclic) bond motifs is 5. The largest absolute Gasteiger partial charge is 0.338 e. The molecular formula is C37H43N5O4. The summed E-state index contributed by atoms with van der Waals surface area (Å²) in [6, 6.07) is 13.7. The number of hydrogen-bond donors (Lipinski definition) is 2. The van der Waals surface area contributed by atoms with Gasteiger partial charge in [-0.3, -0.25) is 9.59 Å². The van der Waals surface area contributed by atoms with Gasteiger partial charge in [0, 0.05) is 47.6 Å². The van der Waals surface area contributed by atoms with Crippen LogP contribution in [0.3, 0.4) is 0 Å². The third-order valence-electron chi connectivity index (χ3n) is 10.1. The predicted octanol–water partition coefficient (Wildman–Crippen LogP) is 7.23. The highest BCUT2D eigenvalue weighted by Gasteiger charge is 2.43. The Labute approximate surface area is 269 Å². The Morgan fingerprint density at radius 3 is 2.59 bits per heavy atom. The van der Waals surface area contributed by atoms with Gasteiger partial charge in [0.25, 0.3) is 5.91 Å². The molecule has 0 spiro atoms. The van der Waals surface area contributed by atoms with Crippen molar-refractivity contribution in [3.8, 4) is 11.5 Å². The summed E-state index contributed by atoms with van der Waals surface area (Å²) < 4.78 is 4.69. The molecule has 0 bridgehead atoms. The Kier molecular flexibility index (Phi) is 8.78. The standard InChI is InChI=1S/C37H43N5O4/c1-45-46-24-7-9-26-12-15-29(16-13-26)39-36(44)37(18-5-6-19-37)40-35(43)28-14-17-30-31(25-28)42-22-8-21-41-23-20-38-34(41)33(42)32(30)27-10-3-2-4-11-27/h7,9,12-17,20,23,25,27H,2-6,8,10-11,18-19,21-22,24H2,1H3,(H,39,44)(H,40,43)/b9-7+. The van der Waals surface area contributed by atoms with E-state index in [4.69, 9.17) is 9.87 Å². The van der Waals surface area contributed by atoms with Crippen LogP contribution in [0.4, 0.5) is 5.69 Å². The Morgan fingerprint density at radius 2 is 1.80 bits per heavy atom. The van der Waals surface area contributed by atoms with Crippen LogP contribution >= 0.6 is 0 Å². The lowest BCUT2D eigenvalue weighted by molar-refractivity contribution is -0.263. The van der Waals surface area contributed by atoms with E-state index in [0.29, 0.717) is 36.6 Å². The average Bonchev–Trinajstić information content (AvgIpc) is 3.80. The molecule has 1 aliphatic heterocycles. The molecule has 2 aromatic heterocycles. The fraction of sp³-hybridized carbons (Fsp3) is 0.432. The lowest BCUT2D eigenvalue weighted by Gasteiger charge is -2.29. The van der Waals surface area contributed by atoms with E-state index in [1.54, 1.807) is 0 Å². The van der Waals surface area contributed by atoms with E-state index in [-0.39, 0.29) is 11.8 Å². The number of nitrogens with zero attached hydrogens (tertiary/aromatic N) is 3. The molecule has 9 heteroatoms. The van der Waals surface area contributed by atoms with Crippen LogP contribution in [0.2, 0.25) is 0 Å². The van der Waals surface area contributed by atoms with Crippen molar-refractivity contribution in [2.45, 2.75) is 88.8 Å². The molecule has 2 aliphatic carbocycles. The van der Waals surface area contributed by atoms with Gasteiger partial charge in [-0.05, 0) is 73.4 Å². The number of rotatable bonds is 9. The quantitative estimate of drug-likeness (QED) is 0.117. The van der Waals surface area contributed by atoms with E-state index in [1.165, 1.54) is 55.9 Å². The van der Waals surface area contributed by atoms with Gasteiger partial charge >= 0.3 is 0 Å². The van der Waals surface area contributed by atoms with E-state index in [1.807, 2.05) is 54.7 Å². The van der Waals surface area contributed by atoms with Crippen LogP contribution in [0.1, 0.15) is 91.6 Å². The molecule has 0 unspecified atom stereocenters.